The summed E-state index contributed by atoms with van der Waals surface area (Å²) in [6.07, 6.45) is -3.21. The number of nitrogens with zero attached hydrogens (tertiary/aromatic N) is 2. The van der Waals surface area contributed by atoms with E-state index in [-0.39, 0.29) is 55.9 Å². The molecule has 1 atom stereocenters. The van der Waals surface area contributed by atoms with Crippen molar-refractivity contribution in [3.63, 3.8) is 0 Å². The fraction of sp³-hybridized carbons (Fsp3) is 0.516. The Morgan fingerprint density at radius 1 is 1.17 bits per heavy atom. The topological polar surface area (TPSA) is 96.4 Å². The van der Waals surface area contributed by atoms with Gasteiger partial charge in [-0.15, -0.1) is 0 Å². The second-order valence-corrected chi connectivity index (χ2v) is 11.7. The normalized spacial score (nSPS) is 18.0. The molecular formula is C31H37F3N4O4. The van der Waals surface area contributed by atoms with Gasteiger partial charge in [-0.05, 0) is 64.5 Å². The van der Waals surface area contributed by atoms with Gasteiger partial charge in [-0.2, -0.15) is 13.2 Å². The van der Waals surface area contributed by atoms with Crippen molar-refractivity contribution in [2.24, 2.45) is 11.3 Å². The number of H-pyrrole nitrogens is 1. The maximum Gasteiger partial charge on any atom is 0.403 e. The Hall–Kier alpha value is -3.76. The number of carbonyl (C=O) groups is 2. The number of ether oxygens (including phenoxy) is 1. The van der Waals surface area contributed by atoms with Crippen molar-refractivity contribution in [2.45, 2.75) is 71.6 Å². The average molecular weight is 587 g/mol. The molecule has 2 aliphatic rings. The third-order valence-electron chi connectivity index (χ3n) is 9.33. The van der Waals surface area contributed by atoms with Gasteiger partial charge < -0.3 is 24.5 Å². The lowest BCUT2D eigenvalue weighted by molar-refractivity contribution is -0.249. The lowest BCUT2D eigenvalue weighted by Gasteiger charge is -2.46. The zero-order valence-electron chi connectivity index (χ0n) is 24.4. The number of carbonyl (C=O) groups excluding carboxylic acids is 2. The molecule has 2 fully saturated rings. The molecule has 2 N–H and O–H groups in total. The SMILES string of the molecule is COc1cc(C)[nH]c(=O)c1CNC(=O)c1c(C)n(C(C)C2CCN(C(=O)C3(C(F)(F)F)CCC3)CC2)c2ccccc12. The number of pyridine rings is 1. The Labute approximate surface area is 242 Å². The summed E-state index contributed by atoms with van der Waals surface area (Å²) < 4.78 is 48.8. The molecule has 8 nitrogen and oxygen atoms in total. The minimum atomic E-state index is -4.53. The summed E-state index contributed by atoms with van der Waals surface area (Å²) in [5.74, 6) is -0.598. The van der Waals surface area contributed by atoms with Crippen LogP contribution >= 0.6 is 0 Å². The number of fused-ring (bicyclic) bond motifs is 1. The number of hydrogen-bond donors (Lipinski definition) is 2. The molecule has 1 aliphatic carbocycles. The van der Waals surface area contributed by atoms with E-state index in [0.29, 0.717) is 41.8 Å². The average Bonchev–Trinajstić information content (AvgIpc) is 3.21. The minimum absolute atomic E-state index is 0.0158. The molecule has 1 saturated heterocycles. The van der Waals surface area contributed by atoms with E-state index in [1.54, 1.807) is 13.0 Å². The van der Waals surface area contributed by atoms with Crippen LogP contribution in [0, 0.1) is 25.2 Å². The van der Waals surface area contributed by atoms with E-state index in [1.807, 2.05) is 31.2 Å². The molecule has 1 unspecified atom stereocenters. The van der Waals surface area contributed by atoms with Gasteiger partial charge >= 0.3 is 6.18 Å². The quantitative estimate of drug-likeness (QED) is 0.387. The Morgan fingerprint density at radius 2 is 1.83 bits per heavy atom. The number of piperidine rings is 1. The van der Waals surface area contributed by atoms with Crippen molar-refractivity contribution in [1.29, 1.82) is 0 Å². The van der Waals surface area contributed by atoms with Crippen LogP contribution in [0.1, 0.15) is 72.4 Å². The van der Waals surface area contributed by atoms with Crippen LogP contribution in [-0.4, -0.2) is 52.6 Å². The Morgan fingerprint density at radius 3 is 2.43 bits per heavy atom. The van der Waals surface area contributed by atoms with Crippen molar-refractivity contribution in [2.75, 3.05) is 20.2 Å². The highest BCUT2D eigenvalue weighted by Crippen LogP contribution is 2.54. The molecule has 5 rings (SSSR count). The fourth-order valence-corrected chi connectivity index (χ4v) is 6.74. The van der Waals surface area contributed by atoms with Gasteiger partial charge in [0, 0.05) is 41.4 Å². The fourth-order valence-electron chi connectivity index (χ4n) is 6.74. The molecule has 226 valence electrons. The highest BCUT2D eigenvalue weighted by Gasteiger charge is 2.64. The first-order chi connectivity index (χ1) is 19.9. The number of amides is 2. The summed E-state index contributed by atoms with van der Waals surface area (Å²) in [4.78, 5) is 43.2. The van der Waals surface area contributed by atoms with Crippen molar-refractivity contribution in [1.82, 2.24) is 19.8 Å². The van der Waals surface area contributed by atoms with E-state index in [4.69, 9.17) is 4.74 Å². The van der Waals surface area contributed by atoms with Crippen molar-refractivity contribution in [3.8, 4) is 5.75 Å². The summed E-state index contributed by atoms with van der Waals surface area (Å²) >= 11 is 0. The van der Waals surface area contributed by atoms with Crippen LogP contribution < -0.4 is 15.6 Å². The molecule has 0 radical (unpaired) electrons. The second kappa shape index (κ2) is 11.1. The summed E-state index contributed by atoms with van der Waals surface area (Å²) in [6, 6.07) is 9.24. The number of halogens is 3. The van der Waals surface area contributed by atoms with E-state index in [1.165, 1.54) is 12.0 Å². The third-order valence-corrected chi connectivity index (χ3v) is 9.33. The Bertz CT molecular complexity index is 1560. The van der Waals surface area contributed by atoms with Crippen molar-refractivity contribution in [3.05, 3.63) is 63.2 Å². The molecule has 1 saturated carbocycles. The van der Waals surface area contributed by atoms with Crippen LogP contribution in [0.2, 0.25) is 0 Å². The number of rotatable bonds is 7. The van der Waals surface area contributed by atoms with Crippen LogP contribution in [-0.2, 0) is 11.3 Å². The molecule has 0 bridgehead atoms. The number of likely N-dealkylation sites (tertiary alicyclic amines) is 1. The lowest BCUT2D eigenvalue weighted by atomic mass is 9.67. The molecule has 1 aliphatic heterocycles. The molecule has 2 aromatic heterocycles. The number of nitrogens with one attached hydrogen (secondary N) is 2. The summed E-state index contributed by atoms with van der Waals surface area (Å²) in [5.41, 5.74) is 0.568. The third kappa shape index (κ3) is 4.96. The molecule has 11 heteroatoms. The standard InChI is InChI=1S/C31H37F3N4O4/c1-18-16-25(42-4)23(27(39)36-18)17-35-28(40)26-20(3)38(24-9-6-5-8-22(24)26)19(2)21-10-14-37(15-11-21)29(41)30(12-7-13-30)31(32,33)34/h5-6,8-9,16,19,21H,7,10-15,17H2,1-4H3,(H,35,40)(H,36,39). The van der Waals surface area contributed by atoms with Gasteiger partial charge in [-0.1, -0.05) is 24.6 Å². The first-order valence-electron chi connectivity index (χ1n) is 14.4. The molecule has 0 spiro atoms. The number of aromatic amines is 1. The van der Waals surface area contributed by atoms with Gasteiger partial charge in [0.05, 0.1) is 24.8 Å². The van der Waals surface area contributed by atoms with Gasteiger partial charge in [0.2, 0.25) is 5.91 Å². The van der Waals surface area contributed by atoms with E-state index in [9.17, 15) is 27.6 Å². The monoisotopic (exact) mass is 586 g/mol. The molecule has 2 amide bonds. The largest absolute Gasteiger partial charge is 0.496 e. The summed E-state index contributed by atoms with van der Waals surface area (Å²) in [7, 11) is 1.47. The Kier molecular flexibility index (Phi) is 7.89. The van der Waals surface area contributed by atoms with Crippen molar-refractivity contribution >= 4 is 22.7 Å². The van der Waals surface area contributed by atoms with E-state index in [0.717, 1.165) is 16.6 Å². The second-order valence-electron chi connectivity index (χ2n) is 11.7. The number of aromatic nitrogens is 2. The predicted molar refractivity (Wildman–Crippen MR) is 153 cm³/mol. The van der Waals surface area contributed by atoms with Gasteiger partial charge in [-0.3, -0.25) is 14.4 Å². The maximum absolute atomic E-state index is 13.8. The molecule has 1 aromatic carbocycles. The highest BCUT2D eigenvalue weighted by atomic mass is 19.4. The van der Waals surface area contributed by atoms with E-state index >= 15 is 0 Å². The van der Waals surface area contributed by atoms with Gasteiger partial charge in [0.25, 0.3) is 11.5 Å². The minimum Gasteiger partial charge on any atom is -0.496 e. The zero-order chi connectivity index (χ0) is 30.4. The Balaban J connectivity index is 1.35. The summed E-state index contributed by atoms with van der Waals surface area (Å²) in [5, 5.41) is 3.65. The molecule has 42 heavy (non-hydrogen) atoms. The predicted octanol–water partition coefficient (Wildman–Crippen LogP) is 5.42. The van der Waals surface area contributed by atoms with Crippen LogP contribution in [0.15, 0.2) is 35.1 Å². The lowest BCUT2D eigenvalue weighted by Crippen LogP contribution is -2.57. The smallest absolute Gasteiger partial charge is 0.403 e. The number of aryl methyl sites for hydroxylation is 1. The highest BCUT2D eigenvalue weighted by molar-refractivity contribution is 6.08. The maximum atomic E-state index is 13.8. The number of methoxy groups -OCH3 is 1. The van der Waals surface area contributed by atoms with Crippen LogP contribution in [0.4, 0.5) is 13.2 Å². The number of para-hydroxylation sites is 1. The number of benzene rings is 1. The molecule has 3 aromatic rings. The first kappa shape index (κ1) is 29.7. The van der Waals surface area contributed by atoms with Gasteiger partial charge in [0.1, 0.15) is 11.2 Å². The van der Waals surface area contributed by atoms with Crippen LogP contribution in [0.25, 0.3) is 10.9 Å². The van der Waals surface area contributed by atoms with E-state index in [2.05, 4.69) is 21.8 Å². The van der Waals surface area contributed by atoms with Crippen molar-refractivity contribution < 1.29 is 27.5 Å². The molecular weight excluding hydrogens is 549 g/mol. The van der Waals surface area contributed by atoms with Gasteiger partial charge in [0.15, 0.2) is 0 Å². The zero-order valence-corrected chi connectivity index (χ0v) is 24.4. The molecule has 3 heterocycles. The number of hydrogen-bond acceptors (Lipinski definition) is 4. The van der Waals surface area contributed by atoms with Crippen LogP contribution in [0.3, 0.4) is 0 Å². The van der Waals surface area contributed by atoms with E-state index < -0.39 is 17.5 Å². The van der Waals surface area contributed by atoms with Crippen LogP contribution in [0.5, 0.6) is 5.75 Å². The number of alkyl halides is 3. The first-order valence-corrected chi connectivity index (χ1v) is 14.4. The summed E-state index contributed by atoms with van der Waals surface area (Å²) in [6.45, 7) is 6.24. The van der Waals surface area contributed by atoms with Gasteiger partial charge in [-0.25, -0.2) is 0 Å².